The first-order valence-electron chi connectivity index (χ1n) is 8.25. The van der Waals surface area contributed by atoms with Gasteiger partial charge in [0, 0.05) is 18.7 Å². The number of carboxylic acid groups (broad SMARTS) is 1. The molecule has 25 heavy (non-hydrogen) atoms. The summed E-state index contributed by atoms with van der Waals surface area (Å²) in [5, 5.41) is 16.3. The first-order chi connectivity index (χ1) is 11.9. The van der Waals surface area contributed by atoms with Crippen molar-refractivity contribution in [3.8, 4) is 0 Å². The van der Waals surface area contributed by atoms with Gasteiger partial charge in [0.05, 0.1) is 23.3 Å². The fourth-order valence-corrected chi connectivity index (χ4v) is 2.73. The van der Waals surface area contributed by atoms with Gasteiger partial charge in [-0.05, 0) is 24.8 Å². The van der Waals surface area contributed by atoms with Crippen molar-refractivity contribution in [3.05, 3.63) is 23.0 Å². The first-order valence-corrected chi connectivity index (χ1v) is 8.25. The maximum atomic E-state index is 12.8. The molecule has 1 aliphatic carbocycles. The molecule has 0 saturated heterocycles. The quantitative estimate of drug-likeness (QED) is 0.787. The highest BCUT2D eigenvalue weighted by atomic mass is 16.5. The van der Waals surface area contributed by atoms with E-state index in [9.17, 15) is 14.7 Å². The van der Waals surface area contributed by atoms with E-state index in [1.165, 1.54) is 7.11 Å². The molecule has 1 fully saturated rings. The maximum Gasteiger partial charge on any atom is 0.328 e. The second kappa shape index (κ2) is 6.79. The van der Waals surface area contributed by atoms with E-state index in [1.54, 1.807) is 6.07 Å². The standard InChI is InChI=1S/C17H21N3O5/c1-8(2)14-13-10(15(21)18-12(7-24-3)17(22)23)6-11(9-4-5-9)19-16(13)25-20-14/h6,8-9,12H,4-5,7H2,1-3H3,(H,18,21)(H,22,23). The Bertz CT molecular complexity index is 810. The molecule has 134 valence electrons. The average molecular weight is 347 g/mol. The monoisotopic (exact) mass is 347 g/mol. The molecule has 1 saturated carbocycles. The highest BCUT2D eigenvalue weighted by Gasteiger charge is 2.30. The number of nitrogens with zero attached hydrogens (tertiary/aromatic N) is 2. The SMILES string of the molecule is COCC(NC(=O)c1cc(C2CC2)nc2onc(C(C)C)c12)C(=O)O. The van der Waals surface area contributed by atoms with Crippen LogP contribution < -0.4 is 5.32 Å². The second-order valence-corrected chi connectivity index (χ2v) is 6.59. The number of aromatic nitrogens is 2. The largest absolute Gasteiger partial charge is 0.480 e. The summed E-state index contributed by atoms with van der Waals surface area (Å²) in [6.45, 7) is 3.77. The Morgan fingerprint density at radius 1 is 1.44 bits per heavy atom. The van der Waals surface area contributed by atoms with Crippen molar-refractivity contribution in [1.29, 1.82) is 0 Å². The van der Waals surface area contributed by atoms with Crippen LogP contribution in [0.4, 0.5) is 0 Å². The minimum absolute atomic E-state index is 0.0376. The zero-order chi connectivity index (χ0) is 18.1. The summed E-state index contributed by atoms with van der Waals surface area (Å²) in [6.07, 6.45) is 2.04. The number of carbonyl (C=O) groups is 2. The lowest BCUT2D eigenvalue weighted by Crippen LogP contribution is -2.43. The Balaban J connectivity index is 2.04. The lowest BCUT2D eigenvalue weighted by Gasteiger charge is -2.14. The third kappa shape index (κ3) is 3.48. The molecule has 2 aromatic heterocycles. The molecule has 1 atom stereocenters. The van der Waals surface area contributed by atoms with Crippen LogP contribution >= 0.6 is 0 Å². The Morgan fingerprint density at radius 2 is 2.16 bits per heavy atom. The number of amides is 1. The average Bonchev–Trinajstić information content (AvgIpc) is 3.32. The summed E-state index contributed by atoms with van der Waals surface area (Å²) in [7, 11) is 1.38. The van der Waals surface area contributed by atoms with Crippen molar-refractivity contribution >= 4 is 23.0 Å². The Kier molecular flexibility index (Phi) is 4.71. The fourth-order valence-electron chi connectivity index (χ4n) is 2.73. The number of ether oxygens (including phenoxy) is 1. The van der Waals surface area contributed by atoms with Gasteiger partial charge in [-0.1, -0.05) is 19.0 Å². The van der Waals surface area contributed by atoms with Crippen molar-refractivity contribution in [1.82, 2.24) is 15.5 Å². The fraction of sp³-hybridized carbons (Fsp3) is 0.529. The van der Waals surface area contributed by atoms with Gasteiger partial charge in [0.15, 0.2) is 6.04 Å². The van der Waals surface area contributed by atoms with Crippen molar-refractivity contribution < 1.29 is 24.0 Å². The van der Waals surface area contributed by atoms with Gasteiger partial charge in [0.2, 0.25) is 0 Å². The van der Waals surface area contributed by atoms with Gasteiger partial charge < -0.3 is 19.7 Å². The number of carboxylic acids is 1. The predicted molar refractivity (Wildman–Crippen MR) is 88.6 cm³/mol. The third-order valence-electron chi connectivity index (χ3n) is 4.22. The topological polar surface area (TPSA) is 115 Å². The van der Waals surface area contributed by atoms with E-state index < -0.39 is 17.9 Å². The van der Waals surface area contributed by atoms with Crippen LogP contribution in [0.25, 0.3) is 11.1 Å². The Labute approximate surface area is 144 Å². The van der Waals surface area contributed by atoms with Crippen LogP contribution in [0, 0.1) is 0 Å². The van der Waals surface area contributed by atoms with Crippen molar-refractivity contribution in [2.45, 2.75) is 44.6 Å². The molecule has 1 aliphatic rings. The molecule has 8 nitrogen and oxygen atoms in total. The van der Waals surface area contributed by atoms with E-state index >= 15 is 0 Å². The van der Waals surface area contributed by atoms with Gasteiger partial charge >= 0.3 is 5.97 Å². The van der Waals surface area contributed by atoms with E-state index in [0.717, 1.165) is 18.5 Å². The van der Waals surface area contributed by atoms with Gasteiger partial charge in [-0.25, -0.2) is 9.78 Å². The van der Waals surface area contributed by atoms with Crippen molar-refractivity contribution in [2.24, 2.45) is 0 Å². The molecule has 0 radical (unpaired) electrons. The van der Waals surface area contributed by atoms with E-state index in [1.807, 2.05) is 13.8 Å². The smallest absolute Gasteiger partial charge is 0.328 e. The van der Waals surface area contributed by atoms with Crippen LogP contribution in [-0.4, -0.2) is 46.9 Å². The minimum Gasteiger partial charge on any atom is -0.480 e. The predicted octanol–water partition coefficient (Wildman–Crippen LogP) is 2.05. The summed E-state index contributed by atoms with van der Waals surface area (Å²) in [5.41, 5.74) is 2.08. The zero-order valence-electron chi connectivity index (χ0n) is 14.4. The van der Waals surface area contributed by atoms with Crippen LogP contribution in [0.5, 0.6) is 0 Å². The number of methoxy groups -OCH3 is 1. The molecule has 0 aliphatic heterocycles. The molecular formula is C17H21N3O5. The molecule has 1 amide bonds. The van der Waals surface area contributed by atoms with Crippen LogP contribution in [0.1, 0.15) is 60.3 Å². The number of fused-ring (bicyclic) bond motifs is 1. The van der Waals surface area contributed by atoms with Crippen LogP contribution in [0.2, 0.25) is 0 Å². The molecule has 2 aromatic rings. The molecule has 2 N–H and O–H groups in total. The number of rotatable bonds is 7. The van der Waals surface area contributed by atoms with Gasteiger partial charge in [-0.2, -0.15) is 0 Å². The molecule has 2 heterocycles. The molecule has 0 aromatic carbocycles. The lowest BCUT2D eigenvalue weighted by molar-refractivity contribution is -0.140. The molecular weight excluding hydrogens is 326 g/mol. The van der Waals surface area contributed by atoms with Gasteiger partial charge in [-0.15, -0.1) is 0 Å². The third-order valence-corrected chi connectivity index (χ3v) is 4.22. The normalized spacial score (nSPS) is 15.5. The lowest BCUT2D eigenvalue weighted by atomic mass is 10.0. The number of carbonyl (C=O) groups excluding carboxylic acids is 1. The van der Waals surface area contributed by atoms with Crippen LogP contribution in [-0.2, 0) is 9.53 Å². The molecule has 0 spiro atoms. The van der Waals surface area contributed by atoms with E-state index in [2.05, 4.69) is 15.5 Å². The van der Waals surface area contributed by atoms with Crippen LogP contribution in [0.15, 0.2) is 10.6 Å². The first kappa shape index (κ1) is 17.3. The van der Waals surface area contributed by atoms with Gasteiger partial charge in [0.25, 0.3) is 11.6 Å². The number of nitrogens with one attached hydrogen (secondary N) is 1. The number of hydrogen-bond donors (Lipinski definition) is 2. The molecule has 3 rings (SSSR count). The number of hydrogen-bond acceptors (Lipinski definition) is 6. The summed E-state index contributed by atoms with van der Waals surface area (Å²) in [6, 6.07) is 0.594. The summed E-state index contributed by atoms with van der Waals surface area (Å²) in [5.74, 6) is -1.30. The molecule has 0 bridgehead atoms. The Morgan fingerprint density at radius 3 is 2.72 bits per heavy atom. The zero-order valence-corrected chi connectivity index (χ0v) is 14.4. The molecule has 8 heteroatoms. The van der Waals surface area contributed by atoms with Crippen LogP contribution in [0.3, 0.4) is 0 Å². The number of pyridine rings is 1. The number of aliphatic carboxylic acids is 1. The summed E-state index contributed by atoms with van der Waals surface area (Å²) in [4.78, 5) is 28.6. The highest BCUT2D eigenvalue weighted by molar-refractivity contribution is 6.07. The summed E-state index contributed by atoms with van der Waals surface area (Å²) >= 11 is 0. The van der Waals surface area contributed by atoms with Crippen molar-refractivity contribution in [3.63, 3.8) is 0 Å². The van der Waals surface area contributed by atoms with Gasteiger partial charge in [0.1, 0.15) is 0 Å². The highest BCUT2D eigenvalue weighted by Crippen LogP contribution is 2.41. The summed E-state index contributed by atoms with van der Waals surface area (Å²) < 4.78 is 10.2. The van der Waals surface area contributed by atoms with Crippen molar-refractivity contribution in [2.75, 3.05) is 13.7 Å². The Hall–Kier alpha value is -2.48. The second-order valence-electron chi connectivity index (χ2n) is 6.59. The van der Waals surface area contributed by atoms with Gasteiger partial charge in [-0.3, -0.25) is 4.79 Å². The molecule has 1 unspecified atom stereocenters. The minimum atomic E-state index is -1.16. The van der Waals surface area contributed by atoms with E-state index in [0.29, 0.717) is 28.3 Å². The maximum absolute atomic E-state index is 12.8. The van der Waals surface area contributed by atoms with E-state index in [-0.39, 0.29) is 12.5 Å². The van der Waals surface area contributed by atoms with E-state index in [4.69, 9.17) is 9.26 Å².